The van der Waals surface area contributed by atoms with Crippen molar-refractivity contribution in [2.75, 3.05) is 18.0 Å². The molecule has 0 saturated carbocycles. The van der Waals surface area contributed by atoms with Gasteiger partial charge in [0.25, 0.3) is 10.0 Å². The number of nitrogens with zero attached hydrogens (tertiary/aromatic N) is 4. The van der Waals surface area contributed by atoms with Crippen molar-refractivity contribution < 1.29 is 12.6 Å². The zero-order chi connectivity index (χ0) is 25.3. The molecule has 36 heavy (non-hydrogen) atoms. The molecule has 1 unspecified atom stereocenters. The molecular formula is C26H29N5O3S2. The van der Waals surface area contributed by atoms with Crippen LogP contribution in [0.1, 0.15) is 31.0 Å². The molecule has 2 aromatic heterocycles. The average molecular weight is 524 g/mol. The number of fused-ring (bicyclic) bond motifs is 1. The van der Waals surface area contributed by atoms with E-state index in [0.717, 1.165) is 30.0 Å². The molecule has 1 aliphatic rings. The summed E-state index contributed by atoms with van der Waals surface area (Å²) in [5.74, 6) is 0.722. The first kappa shape index (κ1) is 24.6. The van der Waals surface area contributed by atoms with E-state index in [4.69, 9.17) is 0 Å². The fourth-order valence-corrected chi connectivity index (χ4v) is 7.21. The predicted octanol–water partition coefficient (Wildman–Crippen LogP) is 3.82. The molecule has 10 heteroatoms. The first-order chi connectivity index (χ1) is 17.4. The van der Waals surface area contributed by atoms with Gasteiger partial charge in [-0.15, -0.1) is 0 Å². The highest BCUT2D eigenvalue weighted by molar-refractivity contribution is 7.90. The molecule has 8 nitrogen and oxygen atoms in total. The van der Waals surface area contributed by atoms with E-state index in [1.807, 2.05) is 30.3 Å². The van der Waals surface area contributed by atoms with Crippen molar-refractivity contribution in [1.82, 2.24) is 18.7 Å². The molecule has 5 rings (SSSR count). The van der Waals surface area contributed by atoms with E-state index in [-0.39, 0.29) is 10.9 Å². The van der Waals surface area contributed by atoms with Crippen LogP contribution in [0.5, 0.6) is 0 Å². The van der Waals surface area contributed by atoms with Gasteiger partial charge in [-0.25, -0.2) is 31.3 Å². The Bertz CT molecular complexity index is 1490. The van der Waals surface area contributed by atoms with Crippen molar-refractivity contribution in [2.45, 2.75) is 48.9 Å². The number of piperidine rings is 1. The molecule has 0 radical (unpaired) electrons. The van der Waals surface area contributed by atoms with Crippen molar-refractivity contribution in [3.8, 4) is 0 Å². The molecule has 1 aliphatic heterocycles. The number of rotatable bonds is 7. The Morgan fingerprint density at radius 3 is 2.39 bits per heavy atom. The van der Waals surface area contributed by atoms with Gasteiger partial charge in [-0.3, -0.25) is 0 Å². The number of aromatic nitrogens is 3. The molecule has 3 heterocycles. The van der Waals surface area contributed by atoms with Gasteiger partial charge in [0.2, 0.25) is 0 Å². The fraction of sp³-hybridized carbons (Fsp3) is 0.308. The van der Waals surface area contributed by atoms with E-state index >= 15 is 0 Å². The summed E-state index contributed by atoms with van der Waals surface area (Å²) in [6, 6.07) is 18.2. The van der Waals surface area contributed by atoms with Crippen LogP contribution in [0.4, 0.5) is 5.82 Å². The number of aryl methyl sites for hydroxylation is 2. The Kier molecular flexibility index (Phi) is 6.92. The molecule has 1 atom stereocenters. The lowest BCUT2D eigenvalue weighted by molar-refractivity contribution is 0.471. The van der Waals surface area contributed by atoms with Crippen molar-refractivity contribution in [3.05, 3.63) is 78.2 Å². The van der Waals surface area contributed by atoms with Crippen LogP contribution in [0.2, 0.25) is 0 Å². The first-order valence-corrected chi connectivity index (χ1v) is 14.6. The summed E-state index contributed by atoms with van der Waals surface area (Å²) in [4.78, 5) is 12.0. The van der Waals surface area contributed by atoms with E-state index in [0.29, 0.717) is 29.8 Å². The lowest BCUT2D eigenvalue weighted by atomic mass is 10.1. The molecule has 188 valence electrons. The molecule has 2 aromatic carbocycles. The van der Waals surface area contributed by atoms with Crippen LogP contribution in [-0.2, 0) is 27.4 Å². The predicted molar refractivity (Wildman–Crippen MR) is 142 cm³/mol. The molecule has 1 N–H and O–H groups in total. The highest BCUT2D eigenvalue weighted by Crippen LogP contribution is 2.31. The Morgan fingerprint density at radius 2 is 1.72 bits per heavy atom. The molecule has 4 aromatic rings. The summed E-state index contributed by atoms with van der Waals surface area (Å²) in [7, 11) is -5.05. The maximum Gasteiger partial charge on any atom is 0.269 e. The SMILES string of the molecule is CCc1ccc(S(=O)NC2CCN(c3ncnc4c3cc(C)n4S(=O)(=O)c3ccccc3)CC2)cc1. The molecule has 0 amide bonds. The molecular weight excluding hydrogens is 494 g/mol. The fourth-order valence-electron chi connectivity index (χ4n) is 4.63. The van der Waals surface area contributed by atoms with Crippen molar-refractivity contribution >= 4 is 37.9 Å². The second-order valence-corrected chi connectivity index (χ2v) is 12.0. The maximum absolute atomic E-state index is 13.4. The second-order valence-electron chi connectivity index (χ2n) is 8.95. The maximum atomic E-state index is 13.4. The molecule has 0 aliphatic carbocycles. The Labute approximate surface area is 214 Å². The lowest BCUT2D eigenvalue weighted by Crippen LogP contribution is -2.43. The van der Waals surface area contributed by atoms with E-state index in [1.54, 1.807) is 37.3 Å². The molecule has 0 bridgehead atoms. The van der Waals surface area contributed by atoms with E-state index in [1.165, 1.54) is 15.9 Å². The standard InChI is InChI=1S/C26H29N5O3S2/c1-3-20-9-11-22(12-10-20)35(32)29-21-13-15-30(16-14-21)25-24-17-19(2)31(26(24)28-18-27-25)36(33,34)23-7-5-4-6-8-23/h4-12,17-18,21,29H,3,13-16H2,1-2H3. The van der Waals surface area contributed by atoms with Crippen LogP contribution in [0.3, 0.4) is 0 Å². The highest BCUT2D eigenvalue weighted by atomic mass is 32.2. The minimum atomic E-state index is -3.79. The second kappa shape index (κ2) is 10.1. The van der Waals surface area contributed by atoms with Gasteiger partial charge in [-0.1, -0.05) is 37.3 Å². The Balaban J connectivity index is 1.34. The third-order valence-electron chi connectivity index (χ3n) is 6.60. The van der Waals surface area contributed by atoms with Gasteiger partial charge in [0.15, 0.2) is 5.65 Å². The lowest BCUT2D eigenvalue weighted by Gasteiger charge is -2.33. The number of hydrogen-bond acceptors (Lipinski definition) is 6. The Hall–Kier alpha value is -3.08. The van der Waals surface area contributed by atoms with E-state index in [2.05, 4.69) is 26.5 Å². The number of hydrogen-bond donors (Lipinski definition) is 1. The van der Waals surface area contributed by atoms with Gasteiger partial charge < -0.3 is 4.90 Å². The van der Waals surface area contributed by atoms with Gasteiger partial charge in [0.05, 0.1) is 15.2 Å². The van der Waals surface area contributed by atoms with E-state index < -0.39 is 21.0 Å². The van der Waals surface area contributed by atoms with Crippen LogP contribution in [-0.4, -0.2) is 45.7 Å². The smallest absolute Gasteiger partial charge is 0.269 e. The Morgan fingerprint density at radius 1 is 1.03 bits per heavy atom. The summed E-state index contributed by atoms with van der Waals surface area (Å²) < 4.78 is 44.1. The molecule has 1 fully saturated rings. The van der Waals surface area contributed by atoms with Gasteiger partial charge in [0.1, 0.15) is 23.1 Å². The van der Waals surface area contributed by atoms with Crippen LogP contribution >= 0.6 is 0 Å². The summed E-state index contributed by atoms with van der Waals surface area (Å²) in [5, 5.41) is 0.709. The van der Waals surface area contributed by atoms with Crippen LogP contribution < -0.4 is 9.62 Å². The quantitative estimate of drug-likeness (QED) is 0.396. The molecule has 1 saturated heterocycles. The number of anilines is 1. The zero-order valence-corrected chi connectivity index (χ0v) is 21.9. The van der Waals surface area contributed by atoms with Gasteiger partial charge >= 0.3 is 0 Å². The van der Waals surface area contributed by atoms with E-state index in [9.17, 15) is 12.6 Å². The van der Waals surface area contributed by atoms with Crippen molar-refractivity contribution in [1.29, 1.82) is 0 Å². The summed E-state index contributed by atoms with van der Waals surface area (Å²) in [6.45, 7) is 5.29. The minimum absolute atomic E-state index is 0.120. The van der Waals surface area contributed by atoms with Crippen molar-refractivity contribution in [3.63, 3.8) is 0 Å². The number of benzene rings is 2. The first-order valence-electron chi connectivity index (χ1n) is 12.0. The van der Waals surface area contributed by atoms with Crippen LogP contribution in [0, 0.1) is 6.92 Å². The topological polar surface area (TPSA) is 97.2 Å². The summed E-state index contributed by atoms with van der Waals surface area (Å²) in [5.41, 5.74) is 2.18. The third-order valence-corrected chi connectivity index (χ3v) is 9.66. The summed E-state index contributed by atoms with van der Waals surface area (Å²) >= 11 is 0. The van der Waals surface area contributed by atoms with Crippen molar-refractivity contribution in [2.24, 2.45) is 0 Å². The third kappa shape index (κ3) is 4.68. The van der Waals surface area contributed by atoms with Gasteiger partial charge in [-0.2, -0.15) is 0 Å². The molecule has 0 spiro atoms. The highest BCUT2D eigenvalue weighted by Gasteiger charge is 2.27. The van der Waals surface area contributed by atoms with Crippen LogP contribution in [0.25, 0.3) is 11.0 Å². The normalized spacial score (nSPS) is 15.9. The zero-order valence-electron chi connectivity index (χ0n) is 20.3. The van der Waals surface area contributed by atoms with Gasteiger partial charge in [0, 0.05) is 24.8 Å². The van der Waals surface area contributed by atoms with Gasteiger partial charge in [-0.05, 0) is 62.1 Å². The minimum Gasteiger partial charge on any atom is -0.356 e. The largest absolute Gasteiger partial charge is 0.356 e. The summed E-state index contributed by atoms with van der Waals surface area (Å²) in [6.07, 6.45) is 3.97. The number of nitrogens with one attached hydrogen (secondary N) is 1. The average Bonchev–Trinajstić information content (AvgIpc) is 3.26. The van der Waals surface area contributed by atoms with Crippen LogP contribution in [0.15, 0.2) is 76.8 Å². The monoisotopic (exact) mass is 523 g/mol.